The van der Waals surface area contributed by atoms with Gasteiger partial charge in [0.1, 0.15) is 5.49 Å². The van der Waals surface area contributed by atoms with Crippen LogP contribution in [0.4, 0.5) is 17.2 Å². The van der Waals surface area contributed by atoms with Crippen LogP contribution >= 0.6 is 0 Å². The van der Waals surface area contributed by atoms with E-state index in [1.54, 1.807) is 30.4 Å². The van der Waals surface area contributed by atoms with Crippen molar-refractivity contribution in [1.29, 1.82) is 0 Å². The van der Waals surface area contributed by atoms with Gasteiger partial charge in [-0.2, -0.15) is 0 Å². The molecular formula is C23H28N6O3. The third kappa shape index (κ3) is 4.02. The van der Waals surface area contributed by atoms with E-state index in [9.17, 15) is 14.4 Å². The Bertz CT molecular complexity index is 1130. The lowest BCUT2D eigenvalue weighted by Crippen LogP contribution is -2.43. The Hall–Kier alpha value is -3.49. The number of hydrogen-bond acceptors (Lipinski definition) is 6. The molecule has 4 rings (SSSR count). The first-order valence-electron chi connectivity index (χ1n) is 10.9. The molecule has 2 aromatic heterocycles. The molecule has 0 aromatic carbocycles. The highest BCUT2D eigenvalue weighted by Crippen LogP contribution is 2.36. The summed E-state index contributed by atoms with van der Waals surface area (Å²) in [4.78, 5) is 51.6. The molecule has 9 heteroatoms. The van der Waals surface area contributed by atoms with E-state index >= 15 is 0 Å². The predicted octanol–water partition coefficient (Wildman–Crippen LogP) is 2.20. The highest BCUT2D eigenvalue weighted by molar-refractivity contribution is 6.00. The van der Waals surface area contributed by atoms with Crippen LogP contribution in [0, 0.1) is 0 Å². The molecule has 0 radical (unpaired) electrons. The number of carbonyl (C=O) groups is 3. The molecule has 4 heterocycles. The largest absolute Gasteiger partial charge is 0.339 e. The van der Waals surface area contributed by atoms with E-state index in [0.717, 1.165) is 38.0 Å². The van der Waals surface area contributed by atoms with Crippen LogP contribution < -0.4 is 15.3 Å². The topological polar surface area (TPSA) is 91.1 Å². The van der Waals surface area contributed by atoms with Gasteiger partial charge in [0.15, 0.2) is 5.82 Å². The molecule has 0 N–H and O–H groups in total. The Morgan fingerprint density at radius 1 is 0.969 bits per heavy atom. The standard InChI is InChI=1S/C23H28N6O3/c1-16(30)27-11-12-29(19-7-10-28(17(2)31)21(14-19)24-3)22-20(27)13-18(15-25-22)23(32)26-8-5-4-6-9-26/h7,10,13-15H,4-6,8-9,11-12H2,1-3H3. The van der Waals surface area contributed by atoms with Gasteiger partial charge in [-0.3, -0.25) is 23.9 Å². The van der Waals surface area contributed by atoms with E-state index in [1.165, 1.54) is 18.4 Å². The van der Waals surface area contributed by atoms with Gasteiger partial charge in [-0.1, -0.05) is 0 Å². The highest BCUT2D eigenvalue weighted by Gasteiger charge is 2.29. The van der Waals surface area contributed by atoms with Crippen LogP contribution in [-0.2, 0) is 4.79 Å². The summed E-state index contributed by atoms with van der Waals surface area (Å²) in [6, 6.07) is 5.43. The molecule has 0 spiro atoms. The number of nitrogens with zero attached hydrogens (tertiary/aromatic N) is 6. The zero-order valence-electron chi connectivity index (χ0n) is 18.7. The molecule has 2 aliphatic heterocycles. The Balaban J connectivity index is 1.75. The number of amides is 2. The van der Waals surface area contributed by atoms with Gasteiger partial charge in [-0.05, 0) is 31.4 Å². The van der Waals surface area contributed by atoms with Crippen molar-refractivity contribution in [3.8, 4) is 0 Å². The molecule has 2 amide bonds. The maximum atomic E-state index is 13.0. The average Bonchev–Trinajstić information content (AvgIpc) is 2.82. The van der Waals surface area contributed by atoms with Crippen molar-refractivity contribution in [2.45, 2.75) is 33.1 Å². The van der Waals surface area contributed by atoms with Crippen LogP contribution in [0.3, 0.4) is 0 Å². The lowest BCUT2D eigenvalue weighted by Gasteiger charge is -2.36. The first-order valence-corrected chi connectivity index (χ1v) is 10.9. The number of fused-ring (bicyclic) bond motifs is 1. The number of pyridine rings is 2. The number of piperidine rings is 1. The number of aromatic nitrogens is 2. The van der Waals surface area contributed by atoms with Gasteiger partial charge in [0, 0.05) is 71.2 Å². The Labute approximate surface area is 187 Å². The van der Waals surface area contributed by atoms with Gasteiger partial charge >= 0.3 is 0 Å². The van der Waals surface area contributed by atoms with Crippen LogP contribution in [0.15, 0.2) is 35.6 Å². The summed E-state index contributed by atoms with van der Waals surface area (Å²) in [5.41, 5.74) is 2.45. The Morgan fingerprint density at radius 3 is 2.38 bits per heavy atom. The smallest absolute Gasteiger partial charge is 0.255 e. The summed E-state index contributed by atoms with van der Waals surface area (Å²) in [7, 11) is 1.64. The number of hydrogen-bond donors (Lipinski definition) is 0. The zero-order chi connectivity index (χ0) is 22.8. The quantitative estimate of drug-likeness (QED) is 0.720. The predicted molar refractivity (Wildman–Crippen MR) is 121 cm³/mol. The lowest BCUT2D eigenvalue weighted by atomic mass is 10.1. The van der Waals surface area contributed by atoms with E-state index in [2.05, 4.69) is 9.98 Å². The number of likely N-dealkylation sites (tertiary alicyclic amines) is 1. The SMILES string of the molecule is CN=c1cc(N2CCN(C(C)=O)c3cc(C(=O)N4CCCCC4)cnc32)ccn1C(C)=O. The van der Waals surface area contributed by atoms with Crippen LogP contribution in [0.5, 0.6) is 0 Å². The summed E-state index contributed by atoms with van der Waals surface area (Å²) in [5, 5.41) is 0. The van der Waals surface area contributed by atoms with E-state index in [4.69, 9.17) is 0 Å². The van der Waals surface area contributed by atoms with E-state index in [1.807, 2.05) is 21.9 Å². The van der Waals surface area contributed by atoms with E-state index < -0.39 is 0 Å². The van der Waals surface area contributed by atoms with Crippen molar-refractivity contribution in [3.63, 3.8) is 0 Å². The second-order valence-corrected chi connectivity index (χ2v) is 8.10. The van der Waals surface area contributed by atoms with Crippen LogP contribution in [-0.4, -0.2) is 65.4 Å². The van der Waals surface area contributed by atoms with Crippen molar-refractivity contribution in [1.82, 2.24) is 14.5 Å². The minimum absolute atomic E-state index is 0.0464. The first kappa shape index (κ1) is 21.7. The van der Waals surface area contributed by atoms with Gasteiger partial charge in [0.05, 0.1) is 11.3 Å². The van der Waals surface area contributed by atoms with Crippen LogP contribution in [0.25, 0.3) is 0 Å². The fraction of sp³-hybridized carbons (Fsp3) is 0.435. The fourth-order valence-corrected chi connectivity index (χ4v) is 4.34. The minimum Gasteiger partial charge on any atom is -0.339 e. The second-order valence-electron chi connectivity index (χ2n) is 8.10. The molecule has 1 saturated heterocycles. The lowest BCUT2D eigenvalue weighted by molar-refractivity contribution is -0.116. The number of rotatable bonds is 2. The molecule has 0 saturated carbocycles. The van der Waals surface area contributed by atoms with E-state index in [0.29, 0.717) is 35.6 Å². The maximum Gasteiger partial charge on any atom is 0.255 e. The summed E-state index contributed by atoms with van der Waals surface area (Å²) in [6.45, 7) is 5.50. The van der Waals surface area contributed by atoms with Crippen LogP contribution in [0.1, 0.15) is 48.3 Å². The normalized spacial score (nSPS) is 16.7. The zero-order valence-corrected chi connectivity index (χ0v) is 18.7. The van der Waals surface area contributed by atoms with Gasteiger partial charge in [-0.25, -0.2) is 4.98 Å². The first-order chi connectivity index (χ1) is 15.4. The summed E-state index contributed by atoms with van der Waals surface area (Å²) >= 11 is 0. The average molecular weight is 437 g/mol. The third-order valence-corrected chi connectivity index (χ3v) is 6.01. The fourth-order valence-electron chi connectivity index (χ4n) is 4.34. The van der Waals surface area contributed by atoms with Crippen molar-refractivity contribution in [2.24, 2.45) is 4.99 Å². The monoisotopic (exact) mass is 436 g/mol. The second kappa shape index (κ2) is 8.94. The minimum atomic E-state index is -0.127. The van der Waals surface area contributed by atoms with Gasteiger partial charge in [0.25, 0.3) is 5.91 Å². The number of carbonyl (C=O) groups excluding carboxylic acids is 3. The molecule has 9 nitrogen and oxygen atoms in total. The molecule has 2 aliphatic rings. The van der Waals surface area contributed by atoms with Gasteiger partial charge < -0.3 is 14.7 Å². The molecule has 0 aliphatic carbocycles. The Morgan fingerprint density at radius 2 is 1.72 bits per heavy atom. The van der Waals surface area contributed by atoms with Crippen molar-refractivity contribution >= 4 is 34.9 Å². The van der Waals surface area contributed by atoms with Gasteiger partial charge in [0.2, 0.25) is 11.8 Å². The van der Waals surface area contributed by atoms with Crippen LogP contribution in [0.2, 0.25) is 0 Å². The Kier molecular flexibility index (Phi) is 6.07. The van der Waals surface area contributed by atoms with E-state index in [-0.39, 0.29) is 17.7 Å². The third-order valence-electron chi connectivity index (χ3n) is 6.01. The molecule has 168 valence electrons. The van der Waals surface area contributed by atoms with Crippen molar-refractivity contribution < 1.29 is 14.4 Å². The maximum absolute atomic E-state index is 13.0. The van der Waals surface area contributed by atoms with Gasteiger partial charge in [-0.15, -0.1) is 0 Å². The molecule has 1 fully saturated rings. The molecule has 0 atom stereocenters. The molecular weight excluding hydrogens is 408 g/mol. The van der Waals surface area contributed by atoms with Crippen molar-refractivity contribution in [2.75, 3.05) is 43.0 Å². The summed E-state index contributed by atoms with van der Waals surface area (Å²) < 4.78 is 1.48. The molecule has 2 aromatic rings. The molecule has 32 heavy (non-hydrogen) atoms. The molecule has 0 unspecified atom stereocenters. The molecule has 0 bridgehead atoms. The highest BCUT2D eigenvalue weighted by atomic mass is 16.2. The summed E-state index contributed by atoms with van der Waals surface area (Å²) in [6.07, 6.45) is 6.45. The number of anilines is 3. The van der Waals surface area contributed by atoms with Crippen molar-refractivity contribution in [3.05, 3.63) is 41.6 Å². The summed E-state index contributed by atoms with van der Waals surface area (Å²) in [5.74, 6) is 0.333.